The summed E-state index contributed by atoms with van der Waals surface area (Å²) in [6.07, 6.45) is 0. The number of benzene rings is 1. The summed E-state index contributed by atoms with van der Waals surface area (Å²) in [7, 11) is 0. The molecule has 2 rings (SSSR count). The molecule has 0 saturated heterocycles. The van der Waals surface area contributed by atoms with Crippen LogP contribution in [0, 0.1) is 6.92 Å². The van der Waals surface area contributed by atoms with Crippen molar-refractivity contribution in [3.63, 3.8) is 0 Å². The van der Waals surface area contributed by atoms with Crippen LogP contribution in [0.3, 0.4) is 0 Å². The van der Waals surface area contributed by atoms with Crippen LogP contribution >= 0.6 is 11.3 Å². The number of aromatic hydroxyl groups is 1. The summed E-state index contributed by atoms with van der Waals surface area (Å²) in [6.45, 7) is 1.79. The minimum Gasteiger partial charge on any atom is -0.508 e. The van der Waals surface area contributed by atoms with Gasteiger partial charge in [-0.2, -0.15) is 11.3 Å². The Hall–Kier alpha value is -1.81. The van der Waals surface area contributed by atoms with E-state index in [1.165, 1.54) is 17.4 Å². The number of phenols is 1. The van der Waals surface area contributed by atoms with Crippen molar-refractivity contribution in [3.05, 3.63) is 46.2 Å². The second-order valence-corrected chi connectivity index (χ2v) is 4.25. The fraction of sp³-hybridized carbons (Fsp3) is 0.0833. The van der Waals surface area contributed by atoms with Crippen molar-refractivity contribution in [1.82, 2.24) is 0 Å². The normalized spacial score (nSPS) is 10.1. The summed E-state index contributed by atoms with van der Waals surface area (Å²) >= 11 is 1.53. The molecule has 0 aliphatic heterocycles. The Morgan fingerprint density at radius 3 is 2.81 bits per heavy atom. The zero-order valence-corrected chi connectivity index (χ0v) is 9.54. The maximum Gasteiger partial charge on any atom is 0.255 e. The van der Waals surface area contributed by atoms with Gasteiger partial charge in [0.05, 0.1) is 5.69 Å². The van der Waals surface area contributed by atoms with Crippen molar-refractivity contribution < 1.29 is 9.90 Å². The maximum atomic E-state index is 11.9. The van der Waals surface area contributed by atoms with Gasteiger partial charge in [-0.1, -0.05) is 0 Å². The number of hydrogen-bond donors (Lipinski definition) is 2. The van der Waals surface area contributed by atoms with E-state index in [9.17, 15) is 9.90 Å². The van der Waals surface area contributed by atoms with Gasteiger partial charge >= 0.3 is 0 Å². The second kappa shape index (κ2) is 4.37. The molecular formula is C12H11NO2S. The topological polar surface area (TPSA) is 49.3 Å². The summed E-state index contributed by atoms with van der Waals surface area (Å²) in [5.41, 5.74) is 2.12. The molecule has 3 nitrogen and oxygen atoms in total. The van der Waals surface area contributed by atoms with E-state index in [0.717, 1.165) is 11.3 Å². The van der Waals surface area contributed by atoms with Gasteiger partial charge in [0.1, 0.15) is 5.75 Å². The number of carbonyl (C=O) groups excluding carboxylic acids is 1. The number of aryl methyl sites for hydroxylation is 1. The fourth-order valence-electron chi connectivity index (χ4n) is 1.44. The molecule has 0 unspecified atom stereocenters. The molecule has 0 aliphatic rings. The van der Waals surface area contributed by atoms with Crippen LogP contribution in [0.4, 0.5) is 5.69 Å². The molecule has 1 aromatic heterocycles. The summed E-state index contributed by atoms with van der Waals surface area (Å²) < 4.78 is 0. The largest absolute Gasteiger partial charge is 0.508 e. The highest BCUT2D eigenvalue weighted by molar-refractivity contribution is 7.08. The van der Waals surface area contributed by atoms with Crippen molar-refractivity contribution in [3.8, 4) is 5.75 Å². The molecule has 0 bridgehead atoms. The van der Waals surface area contributed by atoms with E-state index in [2.05, 4.69) is 5.32 Å². The lowest BCUT2D eigenvalue weighted by Crippen LogP contribution is -2.12. The average molecular weight is 233 g/mol. The average Bonchev–Trinajstić information content (AvgIpc) is 2.70. The number of nitrogens with one attached hydrogen (secondary N) is 1. The summed E-state index contributed by atoms with van der Waals surface area (Å²) in [5, 5.41) is 15.8. The van der Waals surface area contributed by atoms with Crippen LogP contribution in [0.15, 0.2) is 35.0 Å². The molecule has 0 fully saturated rings. The molecule has 0 atom stereocenters. The third kappa shape index (κ3) is 2.23. The number of amides is 1. The van der Waals surface area contributed by atoms with Crippen LogP contribution in [-0.4, -0.2) is 11.0 Å². The van der Waals surface area contributed by atoms with Crippen LogP contribution in [0.1, 0.15) is 15.9 Å². The Kier molecular flexibility index (Phi) is 2.92. The molecule has 1 amide bonds. The van der Waals surface area contributed by atoms with Gasteiger partial charge in [-0.15, -0.1) is 0 Å². The van der Waals surface area contributed by atoms with Gasteiger partial charge in [0.2, 0.25) is 0 Å². The first-order valence-corrected chi connectivity index (χ1v) is 5.74. The van der Waals surface area contributed by atoms with Gasteiger partial charge in [-0.3, -0.25) is 4.79 Å². The lowest BCUT2D eigenvalue weighted by molar-refractivity contribution is 0.102. The molecular weight excluding hydrogens is 222 g/mol. The number of hydrogen-bond acceptors (Lipinski definition) is 3. The monoisotopic (exact) mass is 233 g/mol. The van der Waals surface area contributed by atoms with E-state index in [1.54, 1.807) is 19.1 Å². The van der Waals surface area contributed by atoms with Crippen LogP contribution in [0.5, 0.6) is 5.75 Å². The van der Waals surface area contributed by atoms with Gasteiger partial charge in [0, 0.05) is 10.9 Å². The molecule has 0 radical (unpaired) electrons. The minimum absolute atomic E-state index is 0.157. The molecule has 0 saturated carbocycles. The van der Waals surface area contributed by atoms with E-state index < -0.39 is 0 Å². The smallest absolute Gasteiger partial charge is 0.255 e. The summed E-state index contributed by atoms with van der Waals surface area (Å²) in [5.74, 6) is 0.0143. The molecule has 82 valence electrons. The van der Waals surface area contributed by atoms with E-state index in [4.69, 9.17) is 0 Å². The Bertz CT molecular complexity index is 506. The number of thiophene rings is 1. The van der Waals surface area contributed by atoms with Crippen molar-refractivity contribution >= 4 is 22.9 Å². The number of rotatable bonds is 2. The first-order chi connectivity index (χ1) is 7.66. The fourth-order valence-corrected chi connectivity index (χ4v) is 2.02. The maximum absolute atomic E-state index is 11.9. The highest BCUT2D eigenvalue weighted by Gasteiger charge is 2.09. The molecule has 0 spiro atoms. The quantitative estimate of drug-likeness (QED) is 0.837. The Labute approximate surface area is 97.4 Å². The Morgan fingerprint density at radius 1 is 1.38 bits per heavy atom. The van der Waals surface area contributed by atoms with Crippen molar-refractivity contribution in [2.24, 2.45) is 0 Å². The SMILES string of the molecule is Cc1cc(O)ccc1C(=O)Nc1ccsc1. The highest BCUT2D eigenvalue weighted by Crippen LogP contribution is 2.18. The molecule has 2 N–H and O–H groups in total. The lowest BCUT2D eigenvalue weighted by Gasteiger charge is -2.06. The Morgan fingerprint density at radius 2 is 2.19 bits per heavy atom. The predicted molar refractivity (Wildman–Crippen MR) is 65.1 cm³/mol. The van der Waals surface area contributed by atoms with Crippen molar-refractivity contribution in [2.75, 3.05) is 5.32 Å². The summed E-state index contributed by atoms with van der Waals surface area (Å²) in [4.78, 5) is 11.9. The Balaban J connectivity index is 2.21. The summed E-state index contributed by atoms with van der Waals surface area (Å²) in [6, 6.07) is 6.54. The third-order valence-corrected chi connectivity index (χ3v) is 2.92. The van der Waals surface area contributed by atoms with Crippen molar-refractivity contribution in [2.45, 2.75) is 6.92 Å². The lowest BCUT2D eigenvalue weighted by atomic mass is 10.1. The molecule has 4 heteroatoms. The van der Waals surface area contributed by atoms with Crippen LogP contribution in [-0.2, 0) is 0 Å². The first kappa shape index (κ1) is 10.7. The van der Waals surface area contributed by atoms with Crippen LogP contribution in [0.25, 0.3) is 0 Å². The van der Waals surface area contributed by atoms with E-state index >= 15 is 0 Å². The molecule has 2 aromatic rings. The van der Waals surface area contributed by atoms with Gasteiger partial charge in [-0.25, -0.2) is 0 Å². The molecule has 1 aromatic carbocycles. The van der Waals surface area contributed by atoms with E-state index in [1.807, 2.05) is 16.8 Å². The molecule has 1 heterocycles. The first-order valence-electron chi connectivity index (χ1n) is 4.80. The van der Waals surface area contributed by atoms with E-state index in [-0.39, 0.29) is 11.7 Å². The van der Waals surface area contributed by atoms with Gasteiger partial charge < -0.3 is 10.4 Å². The minimum atomic E-state index is -0.157. The van der Waals surface area contributed by atoms with Gasteiger partial charge in [-0.05, 0) is 42.1 Å². The third-order valence-electron chi connectivity index (χ3n) is 2.23. The van der Waals surface area contributed by atoms with Crippen LogP contribution in [0.2, 0.25) is 0 Å². The van der Waals surface area contributed by atoms with Crippen LogP contribution < -0.4 is 5.32 Å². The number of phenolic OH excluding ortho intramolecular Hbond substituents is 1. The van der Waals surface area contributed by atoms with Gasteiger partial charge in [0.15, 0.2) is 0 Å². The zero-order chi connectivity index (χ0) is 11.5. The zero-order valence-electron chi connectivity index (χ0n) is 8.73. The molecule has 0 aliphatic carbocycles. The van der Waals surface area contributed by atoms with Gasteiger partial charge in [0.25, 0.3) is 5.91 Å². The van der Waals surface area contributed by atoms with E-state index in [0.29, 0.717) is 5.56 Å². The highest BCUT2D eigenvalue weighted by atomic mass is 32.1. The number of anilines is 1. The second-order valence-electron chi connectivity index (χ2n) is 3.47. The standard InChI is InChI=1S/C12H11NO2S/c1-8-6-10(14)2-3-11(8)12(15)13-9-4-5-16-7-9/h2-7,14H,1H3,(H,13,15). The number of carbonyl (C=O) groups is 1. The molecule has 16 heavy (non-hydrogen) atoms. The van der Waals surface area contributed by atoms with Crippen molar-refractivity contribution in [1.29, 1.82) is 0 Å². The predicted octanol–water partition coefficient (Wildman–Crippen LogP) is 3.01.